The van der Waals surface area contributed by atoms with E-state index in [1.807, 2.05) is 27.7 Å². The van der Waals surface area contributed by atoms with Crippen LogP contribution in [-0.2, 0) is 0 Å². The summed E-state index contributed by atoms with van der Waals surface area (Å²) in [6, 6.07) is 0. The second-order valence-corrected chi connectivity index (χ2v) is 10.5. The highest BCUT2D eigenvalue weighted by Gasteiger charge is 2.57. The molecule has 0 N–H and O–H groups in total. The molecule has 0 bridgehead atoms. The summed E-state index contributed by atoms with van der Waals surface area (Å²) in [5.41, 5.74) is 1.03. The molecule has 0 aromatic heterocycles. The minimum absolute atomic E-state index is 0.449. The number of rotatable bonds is 4. The summed E-state index contributed by atoms with van der Waals surface area (Å²) in [6.07, 6.45) is 18.6. The molecule has 28 heavy (non-hydrogen) atoms. The van der Waals surface area contributed by atoms with Crippen molar-refractivity contribution >= 4 is 0 Å². The molecule has 3 aliphatic rings. The largest absolute Gasteiger partial charge is 0.120 e. The lowest BCUT2D eigenvalue weighted by Gasteiger charge is -2.58. The Labute approximate surface area is 179 Å². The Morgan fingerprint density at radius 2 is 1.68 bits per heavy atom. The Morgan fingerprint density at radius 3 is 2.25 bits per heavy atom. The summed E-state index contributed by atoms with van der Waals surface area (Å²) in [5.74, 6) is 8.34. The van der Waals surface area contributed by atoms with Crippen LogP contribution in [0.4, 0.5) is 0 Å². The molecule has 0 heterocycles. The van der Waals surface area contributed by atoms with Gasteiger partial charge in [0.2, 0.25) is 0 Å². The van der Waals surface area contributed by atoms with Crippen LogP contribution in [0.25, 0.3) is 0 Å². The van der Waals surface area contributed by atoms with Gasteiger partial charge in [-0.3, -0.25) is 0 Å². The molecule has 0 aliphatic heterocycles. The Hall–Kier alpha value is -0.440. The van der Waals surface area contributed by atoms with E-state index in [2.05, 4.69) is 40.5 Å². The van der Waals surface area contributed by atoms with E-state index in [1.54, 1.807) is 0 Å². The van der Waals surface area contributed by atoms with Gasteiger partial charge in [-0.25, -0.2) is 0 Å². The second-order valence-electron chi connectivity index (χ2n) is 10.5. The number of hydrogen-bond acceptors (Lipinski definition) is 0. The first-order valence-electron chi connectivity index (χ1n) is 12.8. The monoisotopic (exact) mass is 388 g/mol. The van der Waals surface area contributed by atoms with Crippen molar-refractivity contribution in [2.75, 3.05) is 0 Å². The number of terminal acetylenes is 1. The Morgan fingerprint density at radius 1 is 1.04 bits per heavy atom. The first-order valence-corrected chi connectivity index (χ1v) is 12.8. The molecule has 3 fully saturated rings. The van der Waals surface area contributed by atoms with Crippen molar-refractivity contribution in [1.82, 2.24) is 0 Å². The molecule has 8 atom stereocenters. The fraction of sp³-hybridized carbons (Fsp3) is 0.929. The van der Waals surface area contributed by atoms with Crippen molar-refractivity contribution in [2.45, 2.75) is 120 Å². The predicted molar refractivity (Wildman–Crippen MR) is 127 cm³/mol. The van der Waals surface area contributed by atoms with E-state index in [0.717, 1.165) is 29.6 Å². The molecule has 0 aromatic rings. The molecule has 3 saturated carbocycles. The van der Waals surface area contributed by atoms with E-state index in [-0.39, 0.29) is 0 Å². The van der Waals surface area contributed by atoms with E-state index in [0.29, 0.717) is 16.7 Å². The minimum Gasteiger partial charge on any atom is -0.120 e. The van der Waals surface area contributed by atoms with Crippen LogP contribution >= 0.6 is 0 Å². The van der Waals surface area contributed by atoms with Gasteiger partial charge in [0.15, 0.2) is 0 Å². The third-order valence-corrected chi connectivity index (χ3v) is 8.93. The maximum Gasteiger partial charge on any atom is 0.0256 e. The summed E-state index contributed by atoms with van der Waals surface area (Å²) in [5, 5.41) is 0. The van der Waals surface area contributed by atoms with Gasteiger partial charge in [0, 0.05) is 5.92 Å². The third-order valence-electron chi connectivity index (χ3n) is 8.93. The highest BCUT2D eigenvalue weighted by Crippen LogP contribution is 2.65. The summed E-state index contributed by atoms with van der Waals surface area (Å²) < 4.78 is 0. The lowest BCUT2D eigenvalue weighted by atomic mass is 9.47. The van der Waals surface area contributed by atoms with Crippen LogP contribution in [0.2, 0.25) is 0 Å². The zero-order chi connectivity index (χ0) is 21.5. The van der Waals surface area contributed by atoms with Crippen LogP contribution in [0.1, 0.15) is 120 Å². The number of fused-ring (bicyclic) bond motifs is 3. The molecule has 0 spiro atoms. The molecule has 0 amide bonds. The zero-order valence-corrected chi connectivity index (χ0v) is 20.9. The highest BCUT2D eigenvalue weighted by molar-refractivity contribution is 5.13. The summed E-state index contributed by atoms with van der Waals surface area (Å²) in [4.78, 5) is 0. The van der Waals surface area contributed by atoms with Gasteiger partial charge in [-0.05, 0) is 85.4 Å². The van der Waals surface area contributed by atoms with Gasteiger partial charge in [-0.2, -0.15) is 0 Å². The van der Waals surface area contributed by atoms with Gasteiger partial charge in [0.1, 0.15) is 0 Å². The van der Waals surface area contributed by atoms with Crippen LogP contribution in [0, 0.1) is 58.7 Å². The van der Waals surface area contributed by atoms with Gasteiger partial charge in [-0.15, -0.1) is 12.3 Å². The summed E-state index contributed by atoms with van der Waals surface area (Å²) in [7, 11) is 0. The summed E-state index contributed by atoms with van der Waals surface area (Å²) >= 11 is 0. The molecule has 0 radical (unpaired) electrons. The number of hydrogen-bond donors (Lipinski definition) is 0. The fourth-order valence-electron chi connectivity index (χ4n) is 7.32. The molecule has 0 nitrogen and oxygen atoms in total. The highest BCUT2D eigenvalue weighted by atomic mass is 14.6. The zero-order valence-electron chi connectivity index (χ0n) is 20.9. The average molecular weight is 389 g/mol. The quantitative estimate of drug-likeness (QED) is 0.421. The van der Waals surface area contributed by atoms with Crippen molar-refractivity contribution in [3.05, 3.63) is 0 Å². The first kappa shape index (κ1) is 25.6. The van der Waals surface area contributed by atoms with Crippen molar-refractivity contribution in [1.29, 1.82) is 0 Å². The van der Waals surface area contributed by atoms with Crippen LogP contribution < -0.4 is 0 Å². The van der Waals surface area contributed by atoms with Crippen molar-refractivity contribution in [3.63, 3.8) is 0 Å². The maximum absolute atomic E-state index is 5.92. The van der Waals surface area contributed by atoms with E-state index in [9.17, 15) is 0 Å². The normalized spacial score (nSPS) is 42.5. The van der Waals surface area contributed by atoms with Gasteiger partial charge in [-0.1, -0.05) is 75.2 Å². The molecule has 164 valence electrons. The van der Waals surface area contributed by atoms with Crippen molar-refractivity contribution < 1.29 is 0 Å². The molecule has 0 saturated heterocycles. The molecule has 3 rings (SSSR count). The fourth-order valence-corrected chi connectivity index (χ4v) is 7.32. The van der Waals surface area contributed by atoms with Crippen molar-refractivity contribution in [3.8, 4) is 12.3 Å². The molecule has 3 aliphatic carbocycles. The van der Waals surface area contributed by atoms with E-state index < -0.39 is 0 Å². The lowest BCUT2D eigenvalue weighted by molar-refractivity contribution is -0.0826. The summed E-state index contributed by atoms with van der Waals surface area (Å²) in [6.45, 7) is 20.5. The standard InChI is InChI=1S/C24H40.2C2H6/c1-7-17(3)11-13-23(5)16-18(4)15-20-21(23)12-14-24(6)19(8-2)9-10-22(20)24;2*1-2/h2,17-22H,7,9-16H2,1,3-6H3;2*1-2H3. The smallest absolute Gasteiger partial charge is 0.0256 e. The predicted octanol–water partition coefficient (Wildman–Crippen LogP) is 8.99. The van der Waals surface area contributed by atoms with Gasteiger partial charge in [0.25, 0.3) is 0 Å². The van der Waals surface area contributed by atoms with E-state index in [4.69, 9.17) is 6.42 Å². The van der Waals surface area contributed by atoms with Gasteiger partial charge < -0.3 is 0 Å². The topological polar surface area (TPSA) is 0 Å². The Kier molecular flexibility index (Phi) is 10.1. The van der Waals surface area contributed by atoms with Crippen LogP contribution in [-0.4, -0.2) is 0 Å². The molecule has 0 heteroatoms. The van der Waals surface area contributed by atoms with Crippen LogP contribution in [0.15, 0.2) is 0 Å². The Balaban J connectivity index is 0.000000921. The van der Waals surface area contributed by atoms with Crippen LogP contribution in [0.5, 0.6) is 0 Å². The van der Waals surface area contributed by atoms with Crippen molar-refractivity contribution in [2.24, 2.45) is 46.3 Å². The molecule has 8 unspecified atom stereocenters. The minimum atomic E-state index is 0.449. The van der Waals surface area contributed by atoms with E-state index in [1.165, 1.54) is 57.8 Å². The SMILES string of the molecule is C#CC1CCC2C3CC(C)CC(C)(CCC(C)CC)C3CCC12C.CC.CC. The van der Waals surface area contributed by atoms with Gasteiger partial charge in [0.05, 0.1) is 0 Å². The third kappa shape index (κ3) is 4.99. The van der Waals surface area contributed by atoms with Crippen LogP contribution in [0.3, 0.4) is 0 Å². The second kappa shape index (κ2) is 11.1. The average Bonchev–Trinajstić information content (AvgIpc) is 3.05. The Bertz CT molecular complexity index is 485. The van der Waals surface area contributed by atoms with E-state index >= 15 is 0 Å². The maximum atomic E-state index is 5.92. The lowest BCUT2D eigenvalue weighted by Crippen LogP contribution is -2.50. The molecular formula is C28H52. The molecular weight excluding hydrogens is 336 g/mol. The first-order chi connectivity index (χ1) is 13.3. The molecule has 0 aromatic carbocycles. The van der Waals surface area contributed by atoms with Gasteiger partial charge >= 0.3 is 0 Å².